The van der Waals surface area contributed by atoms with Crippen molar-refractivity contribution < 1.29 is 13.9 Å². The first-order valence-corrected chi connectivity index (χ1v) is 12.3. The van der Waals surface area contributed by atoms with Gasteiger partial charge in [-0.25, -0.2) is 9.40 Å². The highest BCUT2D eigenvalue weighted by Crippen LogP contribution is 2.34. The second kappa shape index (κ2) is 9.94. The maximum atomic E-state index is 13.6. The van der Waals surface area contributed by atoms with E-state index in [-0.39, 0.29) is 29.1 Å². The summed E-state index contributed by atoms with van der Waals surface area (Å²) in [6, 6.07) is 14.7. The molecule has 0 aliphatic carbocycles. The molecule has 4 aromatic rings. The summed E-state index contributed by atoms with van der Waals surface area (Å²) in [6.45, 7) is 1.93. The Bertz CT molecular complexity index is 1500. The quantitative estimate of drug-likeness (QED) is 0.384. The Morgan fingerprint density at radius 1 is 1.17 bits per heavy atom. The van der Waals surface area contributed by atoms with Crippen LogP contribution in [0.15, 0.2) is 69.6 Å². The summed E-state index contributed by atoms with van der Waals surface area (Å²) in [5.41, 5.74) is 2.92. The van der Waals surface area contributed by atoms with E-state index in [2.05, 4.69) is 20.3 Å². The van der Waals surface area contributed by atoms with Crippen LogP contribution in [0.4, 0.5) is 4.39 Å². The molecule has 1 unspecified atom stereocenters. The van der Waals surface area contributed by atoms with Crippen molar-refractivity contribution >= 4 is 29.2 Å². The third kappa shape index (κ3) is 4.61. The number of fused-ring (bicyclic) bond motifs is 1. The van der Waals surface area contributed by atoms with Crippen molar-refractivity contribution in [1.29, 1.82) is 0 Å². The molecule has 184 valence electrons. The number of methoxy groups -OCH3 is 1. The zero-order valence-electron chi connectivity index (χ0n) is 19.6. The van der Waals surface area contributed by atoms with Crippen molar-refractivity contribution in [1.82, 2.24) is 24.6 Å². The van der Waals surface area contributed by atoms with E-state index in [9.17, 15) is 14.0 Å². The van der Waals surface area contributed by atoms with Gasteiger partial charge in [-0.2, -0.15) is 5.10 Å². The van der Waals surface area contributed by atoms with Gasteiger partial charge in [0.1, 0.15) is 11.6 Å². The molecule has 0 saturated carbocycles. The van der Waals surface area contributed by atoms with Crippen LogP contribution in [0, 0.1) is 5.82 Å². The summed E-state index contributed by atoms with van der Waals surface area (Å²) in [5, 5.41) is 14.8. The first-order chi connectivity index (χ1) is 17.5. The van der Waals surface area contributed by atoms with Crippen LogP contribution in [-0.4, -0.2) is 49.1 Å². The second-order valence-electron chi connectivity index (χ2n) is 8.19. The monoisotopic (exact) mass is 506 g/mol. The number of hydrogen-bond donors (Lipinski definition) is 1. The molecule has 1 aliphatic rings. The van der Waals surface area contributed by atoms with Crippen LogP contribution in [-0.2, 0) is 11.2 Å². The van der Waals surface area contributed by atoms with E-state index in [1.54, 1.807) is 23.6 Å². The first kappa shape index (κ1) is 23.7. The topological polar surface area (TPSA) is 105 Å². The van der Waals surface area contributed by atoms with Crippen LogP contribution in [0.2, 0.25) is 0 Å². The van der Waals surface area contributed by atoms with Crippen LogP contribution in [0.5, 0.6) is 5.75 Å². The summed E-state index contributed by atoms with van der Waals surface area (Å²) in [6.07, 6.45) is 1.09. The number of aromatic amines is 1. The Morgan fingerprint density at radius 3 is 2.61 bits per heavy atom. The lowest BCUT2D eigenvalue weighted by molar-refractivity contribution is -0.130. The number of H-pyrrole nitrogens is 1. The summed E-state index contributed by atoms with van der Waals surface area (Å²) < 4.78 is 20.6. The normalized spacial score (nSPS) is 15.4. The molecule has 1 atom stereocenters. The van der Waals surface area contributed by atoms with Crippen molar-refractivity contribution in [3.8, 4) is 5.75 Å². The Kier molecular flexibility index (Phi) is 6.55. The van der Waals surface area contributed by atoms with E-state index >= 15 is 0 Å². The first-order valence-electron chi connectivity index (χ1n) is 11.4. The number of carbonyl (C=O) groups is 1. The molecule has 11 heteroatoms. The van der Waals surface area contributed by atoms with Gasteiger partial charge in [-0.1, -0.05) is 30.8 Å². The Balaban J connectivity index is 1.42. The van der Waals surface area contributed by atoms with Gasteiger partial charge in [-0.05, 0) is 53.9 Å². The van der Waals surface area contributed by atoms with Gasteiger partial charge >= 0.3 is 0 Å². The number of hydrogen-bond acceptors (Lipinski definition) is 7. The molecule has 2 aromatic carbocycles. The van der Waals surface area contributed by atoms with Crippen LogP contribution in [0.25, 0.3) is 5.78 Å². The fraction of sp³-hybridized carbons (Fsp3) is 0.240. The number of aryl methyl sites for hydroxylation is 1. The summed E-state index contributed by atoms with van der Waals surface area (Å²) >= 11 is 1.22. The second-order valence-corrected chi connectivity index (χ2v) is 9.14. The lowest BCUT2D eigenvalue weighted by Gasteiger charge is -2.21. The number of benzene rings is 2. The van der Waals surface area contributed by atoms with E-state index in [1.807, 2.05) is 31.2 Å². The van der Waals surface area contributed by atoms with Crippen LogP contribution >= 0.6 is 11.8 Å². The van der Waals surface area contributed by atoms with Crippen molar-refractivity contribution in [2.24, 2.45) is 5.10 Å². The molecule has 0 spiro atoms. The average Bonchev–Trinajstić information content (AvgIpc) is 3.52. The third-order valence-corrected chi connectivity index (χ3v) is 6.90. The van der Waals surface area contributed by atoms with E-state index < -0.39 is 0 Å². The number of ether oxygens (including phenoxy) is 1. The fourth-order valence-corrected chi connectivity index (χ4v) is 4.98. The molecule has 1 amide bonds. The fourth-order valence-electron chi connectivity index (χ4n) is 4.16. The maximum Gasteiger partial charge on any atom is 0.253 e. The number of rotatable bonds is 7. The molecular formula is C25H23FN6O3S. The van der Waals surface area contributed by atoms with Crippen molar-refractivity contribution in [2.75, 3.05) is 12.9 Å². The Hall–Kier alpha value is -3.99. The molecule has 5 rings (SSSR count). The minimum Gasteiger partial charge on any atom is -0.497 e. The van der Waals surface area contributed by atoms with Crippen LogP contribution < -0.4 is 10.3 Å². The van der Waals surface area contributed by atoms with Gasteiger partial charge in [0.2, 0.25) is 5.78 Å². The average molecular weight is 507 g/mol. The van der Waals surface area contributed by atoms with Gasteiger partial charge in [-0.15, -0.1) is 10.2 Å². The summed E-state index contributed by atoms with van der Waals surface area (Å²) in [7, 11) is 1.60. The molecule has 3 heterocycles. The van der Waals surface area contributed by atoms with Crippen molar-refractivity contribution in [3.63, 3.8) is 0 Å². The van der Waals surface area contributed by atoms with Crippen molar-refractivity contribution in [3.05, 3.63) is 87.6 Å². The largest absolute Gasteiger partial charge is 0.497 e. The maximum absolute atomic E-state index is 13.6. The molecule has 0 fully saturated rings. The number of hydrazone groups is 1. The number of carbonyl (C=O) groups excluding carboxylic acids is 1. The molecular weight excluding hydrogens is 483 g/mol. The Morgan fingerprint density at radius 2 is 1.92 bits per heavy atom. The van der Waals surface area contributed by atoms with Crippen LogP contribution in [0.3, 0.4) is 0 Å². The van der Waals surface area contributed by atoms with Gasteiger partial charge in [-0.3, -0.25) is 19.0 Å². The molecule has 0 saturated heterocycles. The molecule has 1 N–H and O–H groups in total. The van der Waals surface area contributed by atoms with Crippen molar-refractivity contribution in [2.45, 2.75) is 31.0 Å². The minimum absolute atomic E-state index is 0.0557. The highest BCUT2D eigenvalue weighted by Gasteiger charge is 2.33. The lowest BCUT2D eigenvalue weighted by atomic mass is 9.98. The lowest BCUT2D eigenvalue weighted by Crippen LogP contribution is -2.28. The molecule has 0 radical (unpaired) electrons. The van der Waals surface area contributed by atoms with E-state index in [4.69, 9.17) is 4.74 Å². The molecule has 1 aliphatic heterocycles. The van der Waals surface area contributed by atoms with Crippen LogP contribution in [0.1, 0.15) is 36.2 Å². The highest BCUT2D eigenvalue weighted by atomic mass is 32.2. The van der Waals surface area contributed by atoms with Gasteiger partial charge in [0, 0.05) is 18.2 Å². The number of aromatic nitrogens is 4. The zero-order valence-corrected chi connectivity index (χ0v) is 20.5. The van der Waals surface area contributed by atoms with E-state index in [1.165, 1.54) is 35.0 Å². The number of amides is 1. The summed E-state index contributed by atoms with van der Waals surface area (Å²) in [5.74, 6) is 0.548. The molecule has 9 nitrogen and oxygen atoms in total. The summed E-state index contributed by atoms with van der Waals surface area (Å²) in [4.78, 5) is 27.9. The number of nitrogens with one attached hydrogen (secondary N) is 1. The van der Waals surface area contributed by atoms with Gasteiger partial charge in [0.25, 0.3) is 11.5 Å². The predicted octanol–water partition coefficient (Wildman–Crippen LogP) is 3.60. The zero-order chi connectivity index (χ0) is 25.2. The SMILES string of the molecule is CCc1cc(=O)[nH]c2nnc(SCC(=O)N3N=C(c4ccc(OC)cc4)CC3c3ccc(F)cc3)n12. The molecule has 0 bridgehead atoms. The number of nitrogens with zero attached hydrogens (tertiary/aromatic N) is 5. The minimum atomic E-state index is -0.367. The van der Waals surface area contributed by atoms with Gasteiger partial charge < -0.3 is 4.74 Å². The third-order valence-electron chi connectivity index (χ3n) is 5.98. The number of halogens is 1. The highest BCUT2D eigenvalue weighted by molar-refractivity contribution is 7.99. The number of thioether (sulfide) groups is 1. The van der Waals surface area contributed by atoms with Gasteiger partial charge in [0.15, 0.2) is 5.16 Å². The standard InChI is InChI=1S/C25H23FN6O3S/c1-3-18-12-22(33)27-24-28-29-25(31(18)24)36-14-23(34)32-21(16-4-8-17(26)9-5-16)13-20(30-32)15-6-10-19(35-2)11-7-15/h4-12,21H,3,13-14H2,1-2H3,(H,27,28,33). The van der Waals surface area contributed by atoms with Gasteiger partial charge in [0.05, 0.1) is 24.6 Å². The van der Waals surface area contributed by atoms with E-state index in [0.29, 0.717) is 23.8 Å². The Labute approximate surface area is 210 Å². The molecule has 2 aromatic heterocycles. The van der Waals surface area contributed by atoms with E-state index in [0.717, 1.165) is 28.3 Å². The smallest absolute Gasteiger partial charge is 0.253 e. The predicted molar refractivity (Wildman–Crippen MR) is 134 cm³/mol. The molecule has 36 heavy (non-hydrogen) atoms.